The molecule has 2 unspecified atom stereocenters. The molecule has 0 fully saturated rings. The van der Waals surface area contributed by atoms with Crippen molar-refractivity contribution in [3.05, 3.63) is 53.6 Å². The van der Waals surface area contributed by atoms with Crippen LogP contribution < -0.4 is 10.2 Å². The number of nitrogens with one attached hydrogen (secondary N) is 1. The van der Waals surface area contributed by atoms with Gasteiger partial charge in [0.25, 0.3) is 0 Å². The van der Waals surface area contributed by atoms with Gasteiger partial charge < -0.3 is 10.2 Å². The van der Waals surface area contributed by atoms with Crippen LogP contribution in [0.25, 0.3) is 0 Å². The first kappa shape index (κ1) is 24.3. The van der Waals surface area contributed by atoms with E-state index in [4.69, 9.17) is 0 Å². The number of rotatable bonds is 7. The van der Waals surface area contributed by atoms with Crippen molar-refractivity contribution in [2.45, 2.75) is 63.7 Å². The molecule has 1 heterocycles. The molecule has 0 saturated heterocycles. The van der Waals surface area contributed by atoms with Crippen molar-refractivity contribution in [2.24, 2.45) is 5.41 Å². The molecule has 5 nitrogen and oxygen atoms in total. The first-order valence-corrected chi connectivity index (χ1v) is 13.2. The average Bonchev–Trinajstić information content (AvgIpc) is 2.84. The van der Waals surface area contributed by atoms with Crippen molar-refractivity contribution in [3.8, 4) is 0 Å². The number of amides is 1. The molecular weight excluding hydrogens is 420 g/mol. The predicted molar refractivity (Wildman–Crippen MR) is 132 cm³/mol. The van der Waals surface area contributed by atoms with E-state index in [0.717, 1.165) is 54.6 Å². The van der Waals surface area contributed by atoms with Crippen LogP contribution in [0, 0.1) is 5.41 Å². The van der Waals surface area contributed by atoms with Crippen LogP contribution in [-0.2, 0) is 14.6 Å². The minimum absolute atomic E-state index is 0.0623. The quantitative estimate of drug-likeness (QED) is 0.588. The second kappa shape index (κ2) is 9.65. The molecule has 1 N–H and O–H groups in total. The van der Waals surface area contributed by atoms with Gasteiger partial charge in [0.1, 0.15) is 0 Å². The standard InChI is InChI=1S/C26H36N2O3S/c1-6-8-14-26(7-2)17-24(20-10-9-11-21(15-20)27-19(3)29)23-16-22(28(4)5)12-13-25(23)32(30,31)18-26/h9-13,15-16,24H,6-8,14,17-18H2,1-5H3,(H,27,29). The highest BCUT2D eigenvalue weighted by atomic mass is 32.2. The van der Waals surface area contributed by atoms with E-state index in [-0.39, 0.29) is 23.0 Å². The molecule has 0 saturated carbocycles. The topological polar surface area (TPSA) is 66.5 Å². The van der Waals surface area contributed by atoms with Gasteiger partial charge in [-0.15, -0.1) is 0 Å². The fourth-order valence-corrected chi connectivity index (χ4v) is 7.20. The van der Waals surface area contributed by atoms with Crippen molar-refractivity contribution in [1.29, 1.82) is 0 Å². The van der Waals surface area contributed by atoms with Crippen molar-refractivity contribution in [3.63, 3.8) is 0 Å². The Labute approximate surface area is 193 Å². The third kappa shape index (κ3) is 5.17. The van der Waals surface area contributed by atoms with Gasteiger partial charge in [-0.1, -0.05) is 38.8 Å². The normalized spacial score (nSPS) is 22.0. The molecule has 1 amide bonds. The molecule has 1 aliphatic heterocycles. The first-order chi connectivity index (χ1) is 15.1. The van der Waals surface area contributed by atoms with E-state index >= 15 is 0 Å². The Balaban J connectivity index is 2.23. The summed E-state index contributed by atoms with van der Waals surface area (Å²) in [6.07, 6.45) is 4.55. The summed E-state index contributed by atoms with van der Waals surface area (Å²) in [6, 6.07) is 13.6. The minimum Gasteiger partial charge on any atom is -0.378 e. The maximum absolute atomic E-state index is 13.6. The van der Waals surface area contributed by atoms with Crippen LogP contribution in [0.5, 0.6) is 0 Å². The Kier molecular flexibility index (Phi) is 7.33. The van der Waals surface area contributed by atoms with Gasteiger partial charge >= 0.3 is 0 Å². The summed E-state index contributed by atoms with van der Waals surface area (Å²) in [5.41, 5.74) is 3.35. The Morgan fingerprint density at radius 3 is 2.53 bits per heavy atom. The molecule has 0 aromatic heterocycles. The number of hydrogen-bond acceptors (Lipinski definition) is 4. The Morgan fingerprint density at radius 1 is 1.16 bits per heavy atom. The number of carbonyl (C=O) groups is 1. The van der Waals surface area contributed by atoms with Gasteiger partial charge in [-0.05, 0) is 66.1 Å². The fraction of sp³-hybridized carbons (Fsp3) is 0.500. The van der Waals surface area contributed by atoms with E-state index < -0.39 is 9.84 Å². The van der Waals surface area contributed by atoms with Crippen LogP contribution in [0.3, 0.4) is 0 Å². The van der Waals surface area contributed by atoms with Crippen molar-refractivity contribution in [1.82, 2.24) is 0 Å². The second-order valence-corrected chi connectivity index (χ2v) is 11.4. The highest BCUT2D eigenvalue weighted by molar-refractivity contribution is 7.91. The van der Waals surface area contributed by atoms with Crippen LogP contribution in [-0.4, -0.2) is 34.2 Å². The summed E-state index contributed by atoms with van der Waals surface area (Å²) in [7, 11) is 0.509. The van der Waals surface area contributed by atoms with Crippen molar-refractivity contribution >= 4 is 27.1 Å². The summed E-state index contributed by atoms with van der Waals surface area (Å²) >= 11 is 0. The Morgan fingerprint density at radius 2 is 1.91 bits per heavy atom. The Hall–Kier alpha value is -2.34. The number of hydrogen-bond donors (Lipinski definition) is 1. The molecule has 1 aliphatic rings. The third-order valence-electron chi connectivity index (χ3n) is 6.77. The van der Waals surface area contributed by atoms with Crippen LogP contribution in [0.2, 0.25) is 0 Å². The first-order valence-electron chi connectivity index (χ1n) is 11.5. The molecule has 0 bridgehead atoms. The van der Waals surface area contributed by atoms with Gasteiger partial charge in [0.05, 0.1) is 10.6 Å². The van der Waals surface area contributed by atoms with E-state index in [9.17, 15) is 13.2 Å². The van der Waals surface area contributed by atoms with Crippen molar-refractivity contribution in [2.75, 3.05) is 30.1 Å². The zero-order valence-corrected chi connectivity index (χ0v) is 20.8. The maximum atomic E-state index is 13.6. The predicted octanol–water partition coefficient (Wildman–Crippen LogP) is 5.61. The number of anilines is 2. The molecule has 2 aromatic rings. The number of nitrogens with zero attached hydrogens (tertiary/aromatic N) is 1. The van der Waals surface area contributed by atoms with Crippen LogP contribution in [0.15, 0.2) is 47.4 Å². The van der Waals surface area contributed by atoms with E-state index in [1.807, 2.05) is 49.3 Å². The summed E-state index contributed by atoms with van der Waals surface area (Å²) in [5, 5.41) is 2.87. The van der Waals surface area contributed by atoms with E-state index in [1.165, 1.54) is 6.92 Å². The largest absolute Gasteiger partial charge is 0.378 e. The number of sulfone groups is 1. The lowest BCUT2D eigenvalue weighted by Crippen LogP contribution is -2.29. The average molecular weight is 457 g/mol. The van der Waals surface area contributed by atoms with Crippen molar-refractivity contribution < 1.29 is 13.2 Å². The van der Waals surface area contributed by atoms with E-state index in [1.54, 1.807) is 6.07 Å². The van der Waals surface area contributed by atoms with Crippen LogP contribution in [0.1, 0.15) is 69.9 Å². The van der Waals surface area contributed by atoms with Gasteiger partial charge in [0.2, 0.25) is 5.91 Å². The van der Waals surface area contributed by atoms with Gasteiger partial charge in [-0.25, -0.2) is 8.42 Å². The lowest BCUT2D eigenvalue weighted by atomic mass is 9.71. The molecule has 2 atom stereocenters. The number of benzene rings is 2. The lowest BCUT2D eigenvalue weighted by molar-refractivity contribution is -0.114. The molecule has 2 aromatic carbocycles. The van der Waals surface area contributed by atoms with Crippen LogP contribution >= 0.6 is 0 Å². The number of unbranched alkanes of at least 4 members (excludes halogenated alkanes) is 1. The minimum atomic E-state index is -3.43. The number of carbonyl (C=O) groups excluding carboxylic acids is 1. The van der Waals surface area contributed by atoms with E-state index in [2.05, 4.69) is 25.2 Å². The van der Waals surface area contributed by atoms with Crippen LogP contribution in [0.4, 0.5) is 11.4 Å². The Bertz CT molecular complexity index is 1080. The van der Waals surface area contributed by atoms with E-state index in [0.29, 0.717) is 4.90 Å². The molecular formula is C26H36N2O3S. The maximum Gasteiger partial charge on any atom is 0.221 e. The zero-order chi connectivity index (χ0) is 23.5. The summed E-state index contributed by atoms with van der Waals surface area (Å²) in [5.74, 6) is 0.00612. The van der Waals surface area contributed by atoms with Gasteiger partial charge in [-0.2, -0.15) is 0 Å². The molecule has 174 valence electrons. The molecule has 3 rings (SSSR count). The summed E-state index contributed by atoms with van der Waals surface area (Å²) < 4.78 is 27.3. The highest BCUT2D eigenvalue weighted by Gasteiger charge is 2.42. The van der Waals surface area contributed by atoms with Gasteiger partial charge in [0, 0.05) is 38.3 Å². The SMILES string of the molecule is CCCCC1(CC)CC(c2cccc(NC(C)=O)c2)c2cc(N(C)C)ccc2S(=O)(=O)C1. The molecule has 0 spiro atoms. The third-order valence-corrected chi connectivity index (χ3v) is 8.81. The summed E-state index contributed by atoms with van der Waals surface area (Å²) in [4.78, 5) is 14.1. The molecule has 0 aliphatic carbocycles. The summed E-state index contributed by atoms with van der Waals surface area (Å²) in [6.45, 7) is 5.77. The molecule has 0 radical (unpaired) electrons. The highest BCUT2D eigenvalue weighted by Crippen LogP contribution is 2.49. The lowest BCUT2D eigenvalue weighted by Gasteiger charge is -2.34. The molecule has 32 heavy (non-hydrogen) atoms. The number of fused-ring (bicyclic) bond motifs is 1. The van der Waals surface area contributed by atoms with Gasteiger partial charge in [0.15, 0.2) is 9.84 Å². The molecule has 6 heteroatoms. The zero-order valence-electron chi connectivity index (χ0n) is 19.9. The fourth-order valence-electron chi connectivity index (χ4n) is 4.94. The monoisotopic (exact) mass is 456 g/mol. The second-order valence-electron chi connectivity index (χ2n) is 9.40. The smallest absolute Gasteiger partial charge is 0.221 e. The van der Waals surface area contributed by atoms with Gasteiger partial charge in [-0.3, -0.25) is 4.79 Å².